The summed E-state index contributed by atoms with van der Waals surface area (Å²) in [7, 11) is 0. The standard InChI is InChI=1S/4C2H5NO.2ClH.2Zr/c4*1-2(3)4;;;;/h4*1H3,(H2,3,4);2*1H;;/q;;;;;;2*+3/p-6. The van der Waals surface area contributed by atoms with Crippen molar-refractivity contribution >= 4 is 23.6 Å². The average molecular weight is 486 g/mol. The zero-order chi connectivity index (χ0) is 14.6. The van der Waals surface area contributed by atoms with Crippen LogP contribution in [0.4, 0.5) is 0 Å². The molecule has 0 spiro atoms. The molecule has 0 radical (unpaired) electrons. The average Bonchev–Trinajstić information content (AvgIpc) is 2.15. The SMILES string of the molecule is CC(=O)[NH][Zr+][NH]C(C)=O.CC(=O)[NH][Zr+][NH]C(C)=O.[Cl-].[Cl-]. The number of rotatable bonds is 4. The molecule has 0 aliphatic carbocycles. The quantitative estimate of drug-likeness (QED) is 0.317. The maximum atomic E-state index is 10.2. The Bertz CT molecular complexity index is 263. The Labute approximate surface area is 154 Å². The third kappa shape index (κ3) is 36.2. The Morgan fingerprint density at radius 1 is 0.550 bits per heavy atom. The van der Waals surface area contributed by atoms with E-state index in [1.54, 1.807) is 0 Å². The second kappa shape index (κ2) is 19.2. The predicted molar refractivity (Wildman–Crippen MR) is 55.3 cm³/mol. The Morgan fingerprint density at radius 2 is 0.700 bits per heavy atom. The molecule has 114 valence electrons. The van der Waals surface area contributed by atoms with Gasteiger partial charge in [-0.15, -0.1) is 0 Å². The van der Waals surface area contributed by atoms with E-state index in [0.717, 1.165) is 0 Å². The zero-order valence-corrected chi connectivity index (χ0v) is 17.8. The summed E-state index contributed by atoms with van der Waals surface area (Å²) in [4.78, 5) is 40.8. The summed E-state index contributed by atoms with van der Waals surface area (Å²) < 4.78 is 10.3. The number of nitrogens with one attached hydrogen (secondary N) is 4. The van der Waals surface area contributed by atoms with Gasteiger partial charge in [-0.1, -0.05) is 0 Å². The first-order valence-electron chi connectivity index (χ1n) is 4.82. The molecule has 0 aliphatic heterocycles. The predicted octanol–water partition coefficient (Wildman–Crippen LogP) is -7.65. The molecule has 0 atom stereocenters. The molecule has 0 aromatic rings. The number of carbonyl (C=O) groups excluding carboxylic acids is 4. The summed E-state index contributed by atoms with van der Waals surface area (Å²) >= 11 is -2.26. The van der Waals surface area contributed by atoms with E-state index in [4.69, 9.17) is 0 Å². The molecule has 0 unspecified atom stereocenters. The molecule has 4 N–H and O–H groups in total. The molecule has 20 heavy (non-hydrogen) atoms. The van der Waals surface area contributed by atoms with Crippen LogP contribution in [-0.2, 0) is 66.8 Å². The van der Waals surface area contributed by atoms with E-state index in [2.05, 4.69) is 13.0 Å². The van der Waals surface area contributed by atoms with Gasteiger partial charge in [-0.3, -0.25) is 0 Å². The van der Waals surface area contributed by atoms with Gasteiger partial charge in [-0.2, -0.15) is 0 Å². The largest absolute Gasteiger partial charge is 1.00 e. The second-order valence-corrected chi connectivity index (χ2v) is 6.66. The first-order valence-corrected chi connectivity index (χ1v) is 9.73. The fourth-order valence-electron chi connectivity index (χ4n) is 0.415. The molecular weight excluding hydrogens is 469 g/mol. The van der Waals surface area contributed by atoms with E-state index < -0.39 is 47.6 Å². The number of halogens is 2. The maximum Gasteiger partial charge on any atom is -1.00 e. The minimum atomic E-state index is -1.13. The van der Waals surface area contributed by atoms with Crippen molar-refractivity contribution in [2.24, 2.45) is 0 Å². The van der Waals surface area contributed by atoms with Crippen LogP contribution in [0.1, 0.15) is 27.7 Å². The molecule has 4 amide bonds. The van der Waals surface area contributed by atoms with Gasteiger partial charge in [0.2, 0.25) is 0 Å². The smallest absolute Gasteiger partial charge is 1.00 e. The number of hydrogen-bond acceptors (Lipinski definition) is 4. The molecule has 0 bridgehead atoms. The van der Waals surface area contributed by atoms with Crippen LogP contribution >= 0.6 is 0 Å². The first-order chi connectivity index (χ1) is 8.25. The Balaban J connectivity index is -0.000000116. The van der Waals surface area contributed by atoms with E-state index in [9.17, 15) is 19.2 Å². The fourth-order valence-corrected chi connectivity index (χ4v) is 2.45. The van der Waals surface area contributed by atoms with Crippen molar-refractivity contribution < 1.29 is 91.6 Å². The van der Waals surface area contributed by atoms with E-state index in [-0.39, 0.29) is 48.4 Å². The van der Waals surface area contributed by atoms with E-state index in [0.29, 0.717) is 0 Å². The molecule has 0 rings (SSSR count). The van der Waals surface area contributed by atoms with Crippen LogP contribution in [0.15, 0.2) is 0 Å². The van der Waals surface area contributed by atoms with Crippen molar-refractivity contribution in [1.82, 2.24) is 13.0 Å². The van der Waals surface area contributed by atoms with Crippen molar-refractivity contribution in [1.29, 1.82) is 0 Å². The van der Waals surface area contributed by atoms with E-state index in [1.165, 1.54) is 27.7 Å². The summed E-state index contributed by atoms with van der Waals surface area (Å²) in [5, 5.41) is 0. The molecule has 0 aromatic carbocycles. The fraction of sp³-hybridized carbons (Fsp3) is 0.500. The molecular formula is C8H16Cl2N4O4Zr2. The Hall–Kier alpha value is 0.226. The summed E-state index contributed by atoms with van der Waals surface area (Å²) in [6.07, 6.45) is 0. The topological polar surface area (TPSA) is 116 Å². The van der Waals surface area contributed by atoms with Crippen molar-refractivity contribution in [2.45, 2.75) is 27.7 Å². The number of carbonyl (C=O) groups is 4. The second-order valence-electron chi connectivity index (χ2n) is 2.97. The van der Waals surface area contributed by atoms with Gasteiger partial charge in [0.15, 0.2) is 0 Å². The van der Waals surface area contributed by atoms with Gasteiger partial charge in [-0.25, -0.2) is 0 Å². The minimum Gasteiger partial charge on any atom is -1.00 e. The van der Waals surface area contributed by atoms with Gasteiger partial charge in [-0.05, 0) is 0 Å². The number of hydrogen-bond donors (Lipinski definition) is 4. The van der Waals surface area contributed by atoms with Gasteiger partial charge in [0.1, 0.15) is 0 Å². The van der Waals surface area contributed by atoms with Gasteiger partial charge >= 0.3 is 131 Å². The van der Waals surface area contributed by atoms with Crippen LogP contribution in [-0.4, -0.2) is 23.6 Å². The van der Waals surface area contributed by atoms with Crippen LogP contribution < -0.4 is 37.9 Å². The minimum absolute atomic E-state index is 0. The first kappa shape index (κ1) is 28.4. The summed E-state index contributed by atoms with van der Waals surface area (Å²) in [5.74, 6) is -0.295. The van der Waals surface area contributed by atoms with Gasteiger partial charge < -0.3 is 24.8 Å². The van der Waals surface area contributed by atoms with Gasteiger partial charge in [0.05, 0.1) is 0 Å². The molecule has 0 fully saturated rings. The van der Waals surface area contributed by atoms with Gasteiger partial charge in [0, 0.05) is 0 Å². The summed E-state index contributed by atoms with van der Waals surface area (Å²) in [6.45, 7) is 5.73. The Kier molecular flexibility index (Phi) is 27.3. The van der Waals surface area contributed by atoms with Crippen LogP contribution in [0.2, 0.25) is 0 Å². The van der Waals surface area contributed by atoms with Gasteiger partial charge in [0.25, 0.3) is 0 Å². The third-order valence-electron chi connectivity index (χ3n) is 0.954. The molecule has 0 aromatic heterocycles. The van der Waals surface area contributed by atoms with Crippen molar-refractivity contribution in [3.8, 4) is 0 Å². The summed E-state index contributed by atoms with van der Waals surface area (Å²) in [5.41, 5.74) is 0. The van der Waals surface area contributed by atoms with Crippen LogP contribution in [0, 0.1) is 0 Å². The molecule has 0 aliphatic rings. The molecule has 0 saturated carbocycles. The van der Waals surface area contributed by atoms with Crippen LogP contribution in [0.25, 0.3) is 0 Å². The monoisotopic (exact) mass is 482 g/mol. The van der Waals surface area contributed by atoms with Crippen molar-refractivity contribution in [3.05, 3.63) is 0 Å². The molecule has 0 saturated heterocycles. The summed E-state index contributed by atoms with van der Waals surface area (Å²) in [6, 6.07) is 0. The zero-order valence-electron chi connectivity index (χ0n) is 11.4. The number of amides is 4. The van der Waals surface area contributed by atoms with Crippen LogP contribution in [0.3, 0.4) is 0 Å². The maximum absolute atomic E-state index is 10.2. The molecule has 8 nitrogen and oxygen atoms in total. The third-order valence-corrected chi connectivity index (χ3v) is 5.64. The van der Waals surface area contributed by atoms with E-state index in [1.807, 2.05) is 0 Å². The molecule has 0 heterocycles. The van der Waals surface area contributed by atoms with Crippen molar-refractivity contribution in [3.63, 3.8) is 0 Å². The molecule has 12 heteroatoms. The van der Waals surface area contributed by atoms with Crippen molar-refractivity contribution in [2.75, 3.05) is 0 Å². The van der Waals surface area contributed by atoms with Crippen LogP contribution in [0.5, 0.6) is 0 Å². The van der Waals surface area contributed by atoms with E-state index >= 15 is 0 Å². The Morgan fingerprint density at radius 3 is 0.800 bits per heavy atom. The normalized spacial score (nSPS) is 6.60.